The fraction of sp³-hybridized carbons (Fsp3) is 0.529. The number of fused-ring (bicyclic) bond motifs is 1. The van der Waals surface area contributed by atoms with Gasteiger partial charge in [-0.05, 0) is 18.4 Å². The van der Waals surface area contributed by atoms with Gasteiger partial charge in [-0.2, -0.15) is 4.98 Å². The highest BCUT2D eigenvalue weighted by atomic mass is 16.5. The van der Waals surface area contributed by atoms with E-state index in [4.69, 9.17) is 8.94 Å². The first kappa shape index (κ1) is 16.0. The summed E-state index contributed by atoms with van der Waals surface area (Å²) < 4.78 is 12.6. The van der Waals surface area contributed by atoms with Crippen molar-refractivity contribution in [2.45, 2.75) is 45.7 Å². The van der Waals surface area contributed by atoms with Crippen LogP contribution in [-0.4, -0.2) is 31.4 Å². The van der Waals surface area contributed by atoms with Crippen LogP contribution in [0.3, 0.4) is 0 Å². The molecule has 3 aromatic rings. The van der Waals surface area contributed by atoms with Crippen molar-refractivity contribution in [1.82, 2.24) is 30.2 Å². The standard InChI is InChI=1S/C17H22N6O2/c1-11(2)17-21-20-14-4-3-12(9-23(14)17)7-18-8-15-19-16(22-25-15)13-5-6-24-10-13/h5-6,10-12,18H,3-4,7-9H2,1-2H3/t12-/m1/s1. The zero-order valence-electron chi connectivity index (χ0n) is 14.5. The number of nitrogens with zero attached hydrogens (tertiary/aromatic N) is 5. The first-order chi connectivity index (χ1) is 12.2. The molecule has 25 heavy (non-hydrogen) atoms. The van der Waals surface area contributed by atoms with Crippen molar-refractivity contribution in [2.24, 2.45) is 5.92 Å². The molecule has 1 atom stereocenters. The maximum absolute atomic E-state index is 5.28. The lowest BCUT2D eigenvalue weighted by atomic mass is 9.98. The Morgan fingerprint density at radius 2 is 2.28 bits per heavy atom. The van der Waals surface area contributed by atoms with Crippen LogP contribution in [0.4, 0.5) is 0 Å². The van der Waals surface area contributed by atoms with Crippen molar-refractivity contribution in [1.29, 1.82) is 0 Å². The van der Waals surface area contributed by atoms with Gasteiger partial charge in [-0.25, -0.2) is 0 Å². The van der Waals surface area contributed by atoms with Crippen LogP contribution in [0.5, 0.6) is 0 Å². The number of furan rings is 1. The third-order valence-corrected chi connectivity index (χ3v) is 4.55. The Kier molecular flexibility index (Phi) is 4.35. The number of rotatable bonds is 6. The number of aromatic nitrogens is 5. The van der Waals surface area contributed by atoms with Gasteiger partial charge in [0.2, 0.25) is 11.7 Å². The van der Waals surface area contributed by atoms with Gasteiger partial charge in [-0.3, -0.25) is 0 Å². The zero-order valence-corrected chi connectivity index (χ0v) is 14.5. The van der Waals surface area contributed by atoms with Crippen molar-refractivity contribution in [3.63, 3.8) is 0 Å². The summed E-state index contributed by atoms with van der Waals surface area (Å²) in [5.74, 6) is 4.28. The van der Waals surface area contributed by atoms with Gasteiger partial charge in [0, 0.05) is 25.4 Å². The topological polar surface area (TPSA) is 94.8 Å². The second-order valence-corrected chi connectivity index (χ2v) is 6.80. The molecule has 0 saturated carbocycles. The van der Waals surface area contributed by atoms with Gasteiger partial charge in [0.1, 0.15) is 17.9 Å². The van der Waals surface area contributed by atoms with E-state index in [1.165, 1.54) is 0 Å². The van der Waals surface area contributed by atoms with Gasteiger partial charge in [-0.15, -0.1) is 10.2 Å². The Labute approximate surface area is 145 Å². The molecule has 1 aliphatic heterocycles. The second kappa shape index (κ2) is 6.79. The molecule has 0 fully saturated rings. The average Bonchev–Trinajstić information content (AvgIpc) is 3.34. The van der Waals surface area contributed by atoms with Gasteiger partial charge in [0.15, 0.2) is 0 Å². The lowest BCUT2D eigenvalue weighted by molar-refractivity contribution is 0.322. The SMILES string of the molecule is CC(C)c1nnc2n1C[C@@H](CNCc1nc(-c3ccoc3)no1)CC2. The first-order valence-electron chi connectivity index (χ1n) is 8.68. The Bertz CT molecular complexity index is 820. The van der Waals surface area contributed by atoms with E-state index in [0.717, 1.165) is 43.1 Å². The van der Waals surface area contributed by atoms with E-state index in [1.54, 1.807) is 12.5 Å². The van der Waals surface area contributed by atoms with Crippen LogP contribution in [0.25, 0.3) is 11.4 Å². The maximum atomic E-state index is 5.28. The summed E-state index contributed by atoms with van der Waals surface area (Å²) in [5, 5.41) is 16.1. The van der Waals surface area contributed by atoms with Crippen molar-refractivity contribution in [3.8, 4) is 11.4 Å². The summed E-state index contributed by atoms with van der Waals surface area (Å²) in [4.78, 5) is 4.37. The molecule has 0 radical (unpaired) electrons. The lowest BCUT2D eigenvalue weighted by Crippen LogP contribution is -2.30. The fourth-order valence-electron chi connectivity index (χ4n) is 3.23. The van der Waals surface area contributed by atoms with Gasteiger partial charge >= 0.3 is 0 Å². The summed E-state index contributed by atoms with van der Waals surface area (Å²) in [5.41, 5.74) is 0.823. The molecule has 0 amide bonds. The molecule has 8 nitrogen and oxygen atoms in total. The highest BCUT2D eigenvalue weighted by molar-refractivity contribution is 5.51. The van der Waals surface area contributed by atoms with Gasteiger partial charge in [0.05, 0.1) is 18.4 Å². The Morgan fingerprint density at radius 3 is 3.08 bits per heavy atom. The lowest BCUT2D eigenvalue weighted by Gasteiger charge is -2.25. The molecule has 0 aliphatic carbocycles. The Hall–Kier alpha value is -2.48. The molecular formula is C17H22N6O2. The predicted molar refractivity (Wildman–Crippen MR) is 89.6 cm³/mol. The molecule has 0 aromatic carbocycles. The van der Waals surface area contributed by atoms with E-state index in [1.807, 2.05) is 6.07 Å². The summed E-state index contributed by atoms with van der Waals surface area (Å²) >= 11 is 0. The third-order valence-electron chi connectivity index (χ3n) is 4.55. The Balaban J connectivity index is 1.31. The number of hydrogen-bond donors (Lipinski definition) is 1. The summed E-state index contributed by atoms with van der Waals surface area (Å²) in [6, 6.07) is 1.81. The third kappa shape index (κ3) is 3.34. The molecule has 0 unspecified atom stereocenters. The monoisotopic (exact) mass is 342 g/mol. The molecule has 0 saturated heterocycles. The highest BCUT2D eigenvalue weighted by Crippen LogP contribution is 2.23. The molecule has 132 valence electrons. The molecule has 1 N–H and O–H groups in total. The quantitative estimate of drug-likeness (QED) is 0.735. The second-order valence-electron chi connectivity index (χ2n) is 6.80. The van der Waals surface area contributed by atoms with Crippen molar-refractivity contribution >= 4 is 0 Å². The van der Waals surface area contributed by atoms with E-state index < -0.39 is 0 Å². The number of nitrogens with one attached hydrogen (secondary N) is 1. The van der Waals surface area contributed by atoms with Crippen molar-refractivity contribution in [2.75, 3.05) is 6.54 Å². The van der Waals surface area contributed by atoms with Crippen LogP contribution in [-0.2, 0) is 19.5 Å². The number of hydrogen-bond acceptors (Lipinski definition) is 7. The minimum atomic E-state index is 0.396. The molecule has 1 aliphatic rings. The Morgan fingerprint density at radius 1 is 1.36 bits per heavy atom. The van der Waals surface area contributed by atoms with E-state index in [9.17, 15) is 0 Å². The van der Waals surface area contributed by atoms with E-state index in [0.29, 0.717) is 30.1 Å². The minimum Gasteiger partial charge on any atom is -0.472 e. The summed E-state index contributed by atoms with van der Waals surface area (Å²) in [6.07, 6.45) is 5.30. The average molecular weight is 342 g/mol. The molecule has 0 bridgehead atoms. The summed E-state index contributed by atoms with van der Waals surface area (Å²) in [7, 11) is 0. The maximum Gasteiger partial charge on any atom is 0.240 e. The predicted octanol–water partition coefficient (Wildman–Crippen LogP) is 2.40. The van der Waals surface area contributed by atoms with Crippen LogP contribution < -0.4 is 5.32 Å². The molecule has 3 aromatic heterocycles. The first-order valence-corrected chi connectivity index (χ1v) is 8.68. The van der Waals surface area contributed by atoms with Crippen molar-refractivity contribution < 1.29 is 8.94 Å². The highest BCUT2D eigenvalue weighted by Gasteiger charge is 2.23. The molecular weight excluding hydrogens is 320 g/mol. The molecule has 8 heteroatoms. The largest absolute Gasteiger partial charge is 0.472 e. The smallest absolute Gasteiger partial charge is 0.240 e. The summed E-state index contributed by atoms with van der Waals surface area (Å²) in [6.45, 7) is 6.75. The fourth-order valence-corrected chi connectivity index (χ4v) is 3.23. The molecule has 0 spiro atoms. The van der Waals surface area contributed by atoms with Gasteiger partial charge < -0.3 is 18.8 Å². The van der Waals surface area contributed by atoms with E-state index >= 15 is 0 Å². The van der Waals surface area contributed by atoms with E-state index in [2.05, 4.69) is 44.1 Å². The van der Waals surface area contributed by atoms with Crippen molar-refractivity contribution in [3.05, 3.63) is 36.1 Å². The van der Waals surface area contributed by atoms with Gasteiger partial charge in [-0.1, -0.05) is 19.0 Å². The minimum absolute atomic E-state index is 0.396. The zero-order chi connectivity index (χ0) is 17.2. The van der Waals surface area contributed by atoms with Crippen LogP contribution >= 0.6 is 0 Å². The van der Waals surface area contributed by atoms with Gasteiger partial charge in [0.25, 0.3) is 0 Å². The van der Waals surface area contributed by atoms with Crippen LogP contribution in [0.2, 0.25) is 0 Å². The van der Waals surface area contributed by atoms with E-state index in [-0.39, 0.29) is 0 Å². The van der Waals surface area contributed by atoms with Crippen LogP contribution in [0.15, 0.2) is 27.5 Å². The van der Waals surface area contributed by atoms with Crippen LogP contribution in [0.1, 0.15) is 43.7 Å². The normalized spacial score (nSPS) is 17.2. The molecule has 4 heterocycles. The molecule has 4 rings (SSSR count). The number of aryl methyl sites for hydroxylation is 1. The van der Waals surface area contributed by atoms with Crippen LogP contribution in [0, 0.1) is 5.92 Å².